The van der Waals surface area contributed by atoms with E-state index in [0.717, 1.165) is 0 Å². The van der Waals surface area contributed by atoms with Gasteiger partial charge in [-0.05, 0) is 50.2 Å². The van der Waals surface area contributed by atoms with E-state index >= 15 is 0 Å². The fraction of sp³-hybridized carbons (Fsp3) is 0.111. The van der Waals surface area contributed by atoms with Gasteiger partial charge in [-0.25, -0.2) is 18.4 Å². The van der Waals surface area contributed by atoms with Crippen LogP contribution in [0.15, 0.2) is 59.8 Å². The van der Waals surface area contributed by atoms with Crippen molar-refractivity contribution in [3.63, 3.8) is 0 Å². The normalized spacial score (nSPS) is 11.0. The third-order valence-corrected chi connectivity index (χ3v) is 4.94. The Kier molecular flexibility index (Phi) is 5.13. The fourth-order valence-electron chi connectivity index (χ4n) is 2.39. The van der Waals surface area contributed by atoms with Crippen LogP contribution in [0, 0.1) is 13.8 Å². The second-order valence-corrected chi connectivity index (χ2v) is 7.44. The molecule has 0 unspecified atom stereocenters. The van der Waals surface area contributed by atoms with Gasteiger partial charge in [0.2, 0.25) is 0 Å². The summed E-state index contributed by atoms with van der Waals surface area (Å²) in [4.78, 5) is 24.2. The fourth-order valence-corrected chi connectivity index (χ4v) is 3.38. The summed E-state index contributed by atoms with van der Waals surface area (Å²) in [6.45, 7) is 3.44. The second-order valence-electron chi connectivity index (χ2n) is 5.76. The van der Waals surface area contributed by atoms with Crippen molar-refractivity contribution in [2.24, 2.45) is 0 Å². The lowest BCUT2D eigenvalue weighted by molar-refractivity contribution is 0.102. The van der Waals surface area contributed by atoms with Crippen LogP contribution >= 0.6 is 0 Å². The molecule has 0 atom stereocenters. The molecule has 0 aliphatic rings. The van der Waals surface area contributed by atoms with Gasteiger partial charge >= 0.3 is 0 Å². The van der Waals surface area contributed by atoms with Crippen molar-refractivity contribution in [1.82, 2.24) is 15.0 Å². The van der Waals surface area contributed by atoms with E-state index in [1.165, 1.54) is 36.7 Å². The first-order valence-electron chi connectivity index (χ1n) is 8.00. The first kappa shape index (κ1) is 18.5. The first-order valence-corrected chi connectivity index (χ1v) is 9.48. The molecule has 0 radical (unpaired) electrons. The van der Waals surface area contributed by atoms with Crippen molar-refractivity contribution in [2.45, 2.75) is 18.7 Å². The molecule has 2 aromatic heterocycles. The predicted octanol–water partition coefficient (Wildman–Crippen LogP) is 2.54. The van der Waals surface area contributed by atoms with Crippen LogP contribution in [0.1, 0.15) is 21.9 Å². The highest BCUT2D eigenvalue weighted by molar-refractivity contribution is 7.92. The lowest BCUT2D eigenvalue weighted by Crippen LogP contribution is -2.15. The maximum Gasteiger partial charge on any atom is 0.263 e. The van der Waals surface area contributed by atoms with Crippen molar-refractivity contribution in [2.75, 3.05) is 10.0 Å². The van der Waals surface area contributed by atoms with Gasteiger partial charge in [-0.15, -0.1) is 0 Å². The minimum absolute atomic E-state index is 0.0540. The van der Waals surface area contributed by atoms with Crippen molar-refractivity contribution in [3.8, 4) is 0 Å². The molecular weight excluding hydrogens is 366 g/mol. The van der Waals surface area contributed by atoms with E-state index in [1.807, 2.05) is 0 Å². The Labute approximate surface area is 156 Å². The van der Waals surface area contributed by atoms with Crippen LogP contribution in [0.2, 0.25) is 0 Å². The monoisotopic (exact) mass is 383 g/mol. The zero-order chi connectivity index (χ0) is 19.4. The summed E-state index contributed by atoms with van der Waals surface area (Å²) in [5, 5.41) is 2.70. The summed E-state index contributed by atoms with van der Waals surface area (Å²) >= 11 is 0. The Balaban J connectivity index is 1.75. The number of carbonyl (C=O) groups is 1. The van der Waals surface area contributed by atoms with Crippen LogP contribution in [-0.2, 0) is 10.0 Å². The molecule has 3 rings (SSSR count). The third kappa shape index (κ3) is 4.64. The zero-order valence-corrected chi connectivity index (χ0v) is 15.5. The van der Waals surface area contributed by atoms with Crippen LogP contribution < -0.4 is 10.0 Å². The number of aryl methyl sites for hydroxylation is 2. The smallest absolute Gasteiger partial charge is 0.263 e. The topological polar surface area (TPSA) is 114 Å². The number of nitrogens with zero attached hydrogens (tertiary/aromatic N) is 3. The Morgan fingerprint density at radius 3 is 2.26 bits per heavy atom. The van der Waals surface area contributed by atoms with Crippen LogP contribution in [0.25, 0.3) is 0 Å². The van der Waals surface area contributed by atoms with Crippen LogP contribution in [0.5, 0.6) is 0 Å². The standard InChI is InChI=1S/C18H17N5O3S/c1-12-11-17(21-13(2)20-12)23-27(25,26)16-5-3-15(4-6-16)22-18(24)14-7-9-19-10-8-14/h3-11H,1-2H3,(H,22,24)(H,20,21,23). The SMILES string of the molecule is Cc1cc(NS(=O)(=O)c2ccc(NC(=O)c3ccncc3)cc2)nc(C)n1. The molecule has 3 aromatic rings. The molecule has 0 saturated carbocycles. The van der Waals surface area contributed by atoms with E-state index < -0.39 is 10.0 Å². The number of pyridine rings is 1. The van der Waals surface area contributed by atoms with E-state index in [2.05, 4.69) is 25.0 Å². The molecule has 2 N–H and O–H groups in total. The lowest BCUT2D eigenvalue weighted by Gasteiger charge is -2.10. The minimum Gasteiger partial charge on any atom is -0.322 e. The van der Waals surface area contributed by atoms with Crippen molar-refractivity contribution < 1.29 is 13.2 Å². The molecule has 138 valence electrons. The van der Waals surface area contributed by atoms with Crippen molar-refractivity contribution in [3.05, 3.63) is 71.9 Å². The van der Waals surface area contributed by atoms with Crippen LogP contribution in [0.3, 0.4) is 0 Å². The number of nitrogens with one attached hydrogen (secondary N) is 2. The number of sulfonamides is 1. The molecule has 27 heavy (non-hydrogen) atoms. The number of hydrogen-bond acceptors (Lipinski definition) is 6. The zero-order valence-electron chi connectivity index (χ0n) is 14.7. The van der Waals surface area contributed by atoms with Crippen LogP contribution in [-0.4, -0.2) is 29.3 Å². The van der Waals surface area contributed by atoms with Gasteiger partial charge in [0.25, 0.3) is 15.9 Å². The van der Waals surface area contributed by atoms with Gasteiger partial charge in [0.05, 0.1) is 4.90 Å². The maximum absolute atomic E-state index is 12.5. The van der Waals surface area contributed by atoms with Gasteiger partial charge in [-0.2, -0.15) is 0 Å². The molecule has 0 fully saturated rings. The van der Waals surface area contributed by atoms with E-state index in [-0.39, 0.29) is 16.6 Å². The molecule has 0 saturated heterocycles. The van der Waals surface area contributed by atoms with Crippen molar-refractivity contribution >= 4 is 27.4 Å². The Bertz CT molecular complexity index is 1050. The van der Waals surface area contributed by atoms with E-state index in [1.54, 1.807) is 32.0 Å². The van der Waals surface area contributed by atoms with Gasteiger partial charge < -0.3 is 5.32 Å². The van der Waals surface area contributed by atoms with Crippen LogP contribution in [0.4, 0.5) is 11.5 Å². The Morgan fingerprint density at radius 1 is 0.963 bits per heavy atom. The molecule has 0 aliphatic carbocycles. The first-order chi connectivity index (χ1) is 12.8. The van der Waals surface area contributed by atoms with E-state index in [0.29, 0.717) is 22.8 Å². The Hall–Kier alpha value is -3.33. The molecular formula is C18H17N5O3S. The summed E-state index contributed by atoms with van der Waals surface area (Å²) in [5.74, 6) is 0.370. The number of rotatable bonds is 5. The number of amides is 1. The molecule has 1 aromatic carbocycles. The number of hydrogen-bond donors (Lipinski definition) is 2. The average Bonchev–Trinajstić information content (AvgIpc) is 2.61. The number of anilines is 2. The Morgan fingerprint density at radius 2 is 1.63 bits per heavy atom. The molecule has 0 spiro atoms. The maximum atomic E-state index is 12.5. The average molecular weight is 383 g/mol. The summed E-state index contributed by atoms with van der Waals surface area (Å²) in [6, 6.07) is 10.6. The molecule has 2 heterocycles. The highest BCUT2D eigenvalue weighted by Crippen LogP contribution is 2.18. The highest BCUT2D eigenvalue weighted by atomic mass is 32.2. The number of aromatic nitrogens is 3. The molecule has 0 bridgehead atoms. The van der Waals surface area contributed by atoms with Gasteiger partial charge in [-0.3, -0.25) is 14.5 Å². The van der Waals surface area contributed by atoms with E-state index in [4.69, 9.17) is 0 Å². The van der Waals surface area contributed by atoms with Gasteiger partial charge in [0.1, 0.15) is 11.6 Å². The number of carbonyl (C=O) groups excluding carboxylic acids is 1. The third-order valence-electron chi connectivity index (χ3n) is 3.57. The summed E-state index contributed by atoms with van der Waals surface area (Å²) in [7, 11) is -3.81. The minimum atomic E-state index is -3.81. The molecule has 8 nitrogen and oxygen atoms in total. The largest absolute Gasteiger partial charge is 0.322 e. The lowest BCUT2D eigenvalue weighted by atomic mass is 10.2. The quantitative estimate of drug-likeness (QED) is 0.700. The van der Waals surface area contributed by atoms with Crippen molar-refractivity contribution in [1.29, 1.82) is 0 Å². The summed E-state index contributed by atoms with van der Waals surface area (Å²) in [5.41, 5.74) is 1.59. The molecule has 0 aliphatic heterocycles. The molecule has 1 amide bonds. The predicted molar refractivity (Wildman–Crippen MR) is 101 cm³/mol. The number of benzene rings is 1. The van der Waals surface area contributed by atoms with Gasteiger partial charge in [0, 0.05) is 35.4 Å². The highest BCUT2D eigenvalue weighted by Gasteiger charge is 2.16. The summed E-state index contributed by atoms with van der Waals surface area (Å²) < 4.78 is 27.5. The second kappa shape index (κ2) is 7.50. The van der Waals surface area contributed by atoms with Gasteiger partial charge in [-0.1, -0.05) is 0 Å². The van der Waals surface area contributed by atoms with E-state index in [9.17, 15) is 13.2 Å². The molecule has 9 heteroatoms. The van der Waals surface area contributed by atoms with Gasteiger partial charge in [0.15, 0.2) is 0 Å². The summed E-state index contributed by atoms with van der Waals surface area (Å²) in [6.07, 6.45) is 3.04.